The predicted octanol–water partition coefficient (Wildman–Crippen LogP) is 2.09. The maximum Gasteiger partial charge on any atom is 0.00393 e. The van der Waals surface area contributed by atoms with Crippen LogP contribution < -0.4 is 10.6 Å². The Bertz CT molecular complexity index is 186. The minimum atomic E-state index is 0.669. The lowest BCUT2D eigenvalue weighted by Crippen LogP contribution is -2.39. The van der Waals surface area contributed by atoms with Gasteiger partial charge in [0.05, 0.1) is 0 Å². The Labute approximate surface area is 114 Å². The quantitative estimate of drug-likeness (QED) is 0.660. The summed E-state index contributed by atoms with van der Waals surface area (Å²) in [5.74, 6) is 0.851. The molecule has 0 saturated carbocycles. The molecule has 0 bridgehead atoms. The Morgan fingerprint density at radius 2 is 2.11 bits per heavy atom. The molecule has 3 heteroatoms. The normalized spacial score (nSPS) is 22.3. The number of nitrogens with one attached hydrogen (secondary N) is 2. The minimum Gasteiger partial charge on any atom is -0.316 e. The Kier molecular flexibility index (Phi) is 8.64. The molecule has 0 aromatic carbocycles. The van der Waals surface area contributed by atoms with Gasteiger partial charge in [-0.25, -0.2) is 0 Å². The molecule has 108 valence electrons. The van der Waals surface area contributed by atoms with Crippen LogP contribution >= 0.6 is 0 Å². The zero-order valence-corrected chi connectivity index (χ0v) is 12.7. The fourth-order valence-corrected chi connectivity index (χ4v) is 2.73. The first-order valence-corrected chi connectivity index (χ1v) is 7.92. The highest BCUT2D eigenvalue weighted by Crippen LogP contribution is 2.09. The molecule has 3 nitrogen and oxygen atoms in total. The number of piperidine rings is 1. The molecule has 2 atom stereocenters. The summed E-state index contributed by atoms with van der Waals surface area (Å²) in [5, 5.41) is 7.19. The summed E-state index contributed by atoms with van der Waals surface area (Å²) in [4.78, 5) is 2.51. The summed E-state index contributed by atoms with van der Waals surface area (Å²) in [6.45, 7) is 14.1. The van der Waals surface area contributed by atoms with Gasteiger partial charge in [0.15, 0.2) is 0 Å². The van der Waals surface area contributed by atoms with E-state index in [2.05, 4.69) is 36.3 Å². The number of hydrogen-bond acceptors (Lipinski definition) is 3. The highest BCUT2D eigenvalue weighted by molar-refractivity contribution is 4.73. The van der Waals surface area contributed by atoms with E-state index in [4.69, 9.17) is 0 Å². The van der Waals surface area contributed by atoms with Crippen LogP contribution in [0.5, 0.6) is 0 Å². The van der Waals surface area contributed by atoms with Crippen molar-refractivity contribution < 1.29 is 0 Å². The Balaban J connectivity index is 2.00. The van der Waals surface area contributed by atoms with Crippen molar-refractivity contribution in [1.29, 1.82) is 0 Å². The summed E-state index contributed by atoms with van der Waals surface area (Å²) in [6, 6.07) is 0.669. The molecule has 1 aliphatic rings. The van der Waals surface area contributed by atoms with Crippen molar-refractivity contribution in [2.75, 3.05) is 39.3 Å². The van der Waals surface area contributed by atoms with E-state index in [1.165, 1.54) is 65.0 Å². The van der Waals surface area contributed by atoms with E-state index in [9.17, 15) is 0 Å². The third-order valence-corrected chi connectivity index (χ3v) is 4.16. The van der Waals surface area contributed by atoms with E-state index >= 15 is 0 Å². The monoisotopic (exact) mass is 255 g/mol. The van der Waals surface area contributed by atoms with Crippen LogP contribution in [0, 0.1) is 5.92 Å². The van der Waals surface area contributed by atoms with Crippen LogP contribution in [-0.2, 0) is 0 Å². The molecule has 1 aliphatic heterocycles. The minimum absolute atomic E-state index is 0.669. The summed E-state index contributed by atoms with van der Waals surface area (Å²) in [7, 11) is 0. The molecule has 1 fully saturated rings. The number of nitrogens with zero attached hydrogens (tertiary/aromatic N) is 1. The molecule has 0 aromatic rings. The summed E-state index contributed by atoms with van der Waals surface area (Å²) in [5.41, 5.74) is 0. The lowest BCUT2D eigenvalue weighted by Gasteiger charge is -2.25. The van der Waals surface area contributed by atoms with Crippen LogP contribution in [0.1, 0.15) is 46.5 Å². The second kappa shape index (κ2) is 9.76. The molecule has 2 N–H and O–H groups in total. The summed E-state index contributed by atoms with van der Waals surface area (Å²) >= 11 is 0. The van der Waals surface area contributed by atoms with Crippen LogP contribution in [0.15, 0.2) is 0 Å². The zero-order valence-electron chi connectivity index (χ0n) is 12.7. The van der Waals surface area contributed by atoms with Crippen molar-refractivity contribution in [1.82, 2.24) is 15.5 Å². The van der Waals surface area contributed by atoms with E-state index in [1.54, 1.807) is 0 Å². The van der Waals surface area contributed by atoms with Crippen LogP contribution in [0.2, 0.25) is 0 Å². The molecule has 1 saturated heterocycles. The van der Waals surface area contributed by atoms with Gasteiger partial charge in [0.25, 0.3) is 0 Å². The molecule has 1 rings (SSSR count). The van der Waals surface area contributed by atoms with Gasteiger partial charge < -0.3 is 15.5 Å². The molecule has 0 aromatic heterocycles. The van der Waals surface area contributed by atoms with Gasteiger partial charge in [0, 0.05) is 6.04 Å². The molecule has 0 radical (unpaired) electrons. The van der Waals surface area contributed by atoms with Gasteiger partial charge in [-0.15, -0.1) is 0 Å². The zero-order chi connectivity index (χ0) is 13.2. The molecule has 1 heterocycles. The number of hydrogen-bond donors (Lipinski definition) is 2. The lowest BCUT2D eigenvalue weighted by molar-refractivity contribution is 0.286. The molecular weight excluding hydrogens is 222 g/mol. The topological polar surface area (TPSA) is 27.3 Å². The van der Waals surface area contributed by atoms with Crippen LogP contribution in [0.4, 0.5) is 0 Å². The SMILES string of the molecule is CCN(CC)CCCC(C)NCC1CCCNC1. The van der Waals surface area contributed by atoms with Gasteiger partial charge in [0.2, 0.25) is 0 Å². The Hall–Kier alpha value is -0.120. The first-order valence-electron chi connectivity index (χ1n) is 7.92. The molecule has 18 heavy (non-hydrogen) atoms. The molecule has 0 amide bonds. The van der Waals surface area contributed by atoms with Gasteiger partial charge in [-0.05, 0) is 77.8 Å². The number of rotatable bonds is 9. The van der Waals surface area contributed by atoms with Gasteiger partial charge in [0.1, 0.15) is 0 Å². The van der Waals surface area contributed by atoms with Gasteiger partial charge >= 0.3 is 0 Å². The highest BCUT2D eigenvalue weighted by atomic mass is 15.1. The van der Waals surface area contributed by atoms with Crippen molar-refractivity contribution in [2.45, 2.75) is 52.5 Å². The van der Waals surface area contributed by atoms with Gasteiger partial charge in [-0.2, -0.15) is 0 Å². The Morgan fingerprint density at radius 3 is 2.72 bits per heavy atom. The second-order valence-electron chi connectivity index (χ2n) is 5.69. The average Bonchev–Trinajstić information content (AvgIpc) is 2.42. The van der Waals surface area contributed by atoms with Gasteiger partial charge in [-0.3, -0.25) is 0 Å². The maximum atomic E-state index is 3.70. The van der Waals surface area contributed by atoms with E-state index in [0.717, 1.165) is 5.92 Å². The molecule has 0 spiro atoms. The fraction of sp³-hybridized carbons (Fsp3) is 1.00. The average molecular weight is 255 g/mol. The van der Waals surface area contributed by atoms with E-state index in [1.807, 2.05) is 0 Å². The molecule has 0 aliphatic carbocycles. The molecular formula is C15H33N3. The third-order valence-electron chi connectivity index (χ3n) is 4.16. The van der Waals surface area contributed by atoms with Crippen molar-refractivity contribution in [2.24, 2.45) is 5.92 Å². The van der Waals surface area contributed by atoms with Crippen molar-refractivity contribution in [3.8, 4) is 0 Å². The largest absolute Gasteiger partial charge is 0.316 e. The third kappa shape index (κ3) is 6.72. The summed E-state index contributed by atoms with van der Waals surface area (Å²) < 4.78 is 0. The predicted molar refractivity (Wildman–Crippen MR) is 80.1 cm³/mol. The van der Waals surface area contributed by atoms with Crippen molar-refractivity contribution in [3.05, 3.63) is 0 Å². The highest BCUT2D eigenvalue weighted by Gasteiger charge is 2.13. The second-order valence-corrected chi connectivity index (χ2v) is 5.69. The standard InChI is InChI=1S/C15H33N3/c1-4-18(5-2)11-7-8-14(3)17-13-15-9-6-10-16-12-15/h14-17H,4-13H2,1-3H3. The van der Waals surface area contributed by atoms with E-state index in [-0.39, 0.29) is 0 Å². The summed E-state index contributed by atoms with van der Waals surface area (Å²) in [6.07, 6.45) is 5.37. The van der Waals surface area contributed by atoms with E-state index < -0.39 is 0 Å². The van der Waals surface area contributed by atoms with Gasteiger partial charge in [-0.1, -0.05) is 13.8 Å². The fourth-order valence-electron chi connectivity index (χ4n) is 2.73. The van der Waals surface area contributed by atoms with E-state index in [0.29, 0.717) is 6.04 Å². The smallest absolute Gasteiger partial charge is 0.00393 e. The molecule has 2 unspecified atom stereocenters. The van der Waals surface area contributed by atoms with Crippen LogP contribution in [-0.4, -0.2) is 50.2 Å². The maximum absolute atomic E-state index is 3.70. The first-order chi connectivity index (χ1) is 8.76. The van der Waals surface area contributed by atoms with Crippen molar-refractivity contribution >= 4 is 0 Å². The van der Waals surface area contributed by atoms with Crippen LogP contribution in [0.25, 0.3) is 0 Å². The lowest BCUT2D eigenvalue weighted by atomic mass is 9.99. The van der Waals surface area contributed by atoms with Crippen molar-refractivity contribution in [3.63, 3.8) is 0 Å². The Morgan fingerprint density at radius 1 is 1.33 bits per heavy atom. The van der Waals surface area contributed by atoms with Crippen LogP contribution in [0.3, 0.4) is 0 Å². The first kappa shape index (κ1) is 15.9.